The molecule has 2 amide bonds. The molecule has 0 aliphatic rings. The van der Waals surface area contributed by atoms with Gasteiger partial charge in [0.2, 0.25) is 5.91 Å². The molecule has 0 fully saturated rings. The molecule has 0 radical (unpaired) electrons. The maximum Gasteiger partial charge on any atom is 0.269 e. The molecule has 1 heterocycles. The van der Waals surface area contributed by atoms with Crippen molar-refractivity contribution < 1.29 is 14.5 Å². The van der Waals surface area contributed by atoms with Crippen molar-refractivity contribution in [3.05, 3.63) is 64.0 Å². The van der Waals surface area contributed by atoms with Crippen LogP contribution in [0.5, 0.6) is 0 Å². The van der Waals surface area contributed by atoms with Crippen LogP contribution >= 0.6 is 0 Å². The van der Waals surface area contributed by atoms with E-state index < -0.39 is 4.92 Å². The van der Waals surface area contributed by atoms with Crippen LogP contribution in [0.15, 0.2) is 42.6 Å². The molecule has 0 saturated heterocycles. The lowest BCUT2D eigenvalue weighted by molar-refractivity contribution is -0.384. The van der Waals surface area contributed by atoms with Gasteiger partial charge in [0.25, 0.3) is 11.6 Å². The Kier molecular flexibility index (Phi) is 8.78. The second-order valence-electron chi connectivity index (χ2n) is 7.77. The number of nitrogens with zero attached hydrogens (tertiary/aromatic N) is 4. The first-order chi connectivity index (χ1) is 14.8. The van der Waals surface area contributed by atoms with Crippen LogP contribution in [-0.2, 0) is 18.4 Å². The lowest BCUT2D eigenvalue weighted by atomic mass is 10.1. The van der Waals surface area contributed by atoms with E-state index in [9.17, 15) is 19.7 Å². The molecular weight excluding hydrogens is 396 g/mol. The van der Waals surface area contributed by atoms with Gasteiger partial charge in [0.1, 0.15) is 6.54 Å². The zero-order chi connectivity index (χ0) is 23.0. The molecule has 0 N–H and O–H groups in total. The molecule has 0 spiro atoms. The zero-order valence-electron chi connectivity index (χ0n) is 18.8. The molecule has 0 aliphatic carbocycles. The number of carbonyl (C=O) groups excluding carboxylic acids is 2. The van der Waals surface area contributed by atoms with E-state index in [4.69, 9.17) is 0 Å². The second kappa shape index (κ2) is 11.3. The molecular formula is C23H32N4O4. The lowest BCUT2D eigenvalue weighted by Gasteiger charge is -2.31. The fourth-order valence-electron chi connectivity index (χ4n) is 3.28. The first-order valence-electron chi connectivity index (χ1n) is 10.7. The van der Waals surface area contributed by atoms with Gasteiger partial charge in [-0.3, -0.25) is 19.7 Å². The molecule has 31 heavy (non-hydrogen) atoms. The van der Waals surface area contributed by atoms with Crippen molar-refractivity contribution in [2.75, 3.05) is 13.1 Å². The molecule has 1 atom stereocenters. The number of nitro groups is 1. The topological polar surface area (TPSA) is 88.7 Å². The fraction of sp³-hybridized carbons (Fsp3) is 0.478. The van der Waals surface area contributed by atoms with Gasteiger partial charge in [0.05, 0.1) is 11.5 Å². The highest BCUT2D eigenvalue weighted by Gasteiger charge is 2.26. The molecule has 168 valence electrons. The quantitative estimate of drug-likeness (QED) is 0.400. The largest absolute Gasteiger partial charge is 0.353 e. The average Bonchev–Trinajstić information content (AvgIpc) is 3.18. The van der Waals surface area contributed by atoms with Gasteiger partial charge in [0, 0.05) is 49.2 Å². The van der Waals surface area contributed by atoms with Crippen molar-refractivity contribution in [3.8, 4) is 0 Å². The minimum atomic E-state index is -0.501. The Labute approximate surface area is 183 Å². The van der Waals surface area contributed by atoms with E-state index in [1.807, 2.05) is 43.8 Å². The van der Waals surface area contributed by atoms with Gasteiger partial charge in [-0.05, 0) is 44.0 Å². The van der Waals surface area contributed by atoms with Crippen molar-refractivity contribution in [2.45, 2.75) is 52.6 Å². The number of rotatable bonds is 11. The Morgan fingerprint density at radius 3 is 2.35 bits per heavy atom. The van der Waals surface area contributed by atoms with Crippen LogP contribution in [0.1, 0.15) is 56.1 Å². The Hall–Kier alpha value is -3.16. The Balaban J connectivity index is 2.21. The van der Waals surface area contributed by atoms with Crippen molar-refractivity contribution in [1.82, 2.24) is 14.4 Å². The van der Waals surface area contributed by atoms with Crippen LogP contribution in [-0.4, -0.2) is 50.2 Å². The molecule has 8 nitrogen and oxygen atoms in total. The molecule has 0 bridgehead atoms. The number of unbranched alkanes of at least 4 members (excludes halogenated alkanes) is 1. The summed E-state index contributed by atoms with van der Waals surface area (Å²) in [5.41, 5.74) is 1.29. The number of carbonyl (C=O) groups is 2. The van der Waals surface area contributed by atoms with Crippen molar-refractivity contribution in [1.29, 1.82) is 0 Å². The summed E-state index contributed by atoms with van der Waals surface area (Å²) in [7, 11) is 1.95. The highest BCUT2D eigenvalue weighted by atomic mass is 16.6. The van der Waals surface area contributed by atoms with Gasteiger partial charge in [-0.15, -0.1) is 0 Å². The number of hydrogen-bond acceptors (Lipinski definition) is 4. The van der Waals surface area contributed by atoms with Gasteiger partial charge in [0.15, 0.2) is 0 Å². The third-order valence-corrected chi connectivity index (χ3v) is 5.55. The van der Waals surface area contributed by atoms with E-state index in [0.29, 0.717) is 25.1 Å². The average molecular weight is 429 g/mol. The second-order valence-corrected chi connectivity index (χ2v) is 7.77. The molecule has 1 aromatic heterocycles. The monoisotopic (exact) mass is 428 g/mol. The third kappa shape index (κ3) is 6.41. The number of nitro benzene ring substituents is 1. The van der Waals surface area contributed by atoms with Crippen molar-refractivity contribution >= 4 is 17.5 Å². The van der Waals surface area contributed by atoms with Crippen LogP contribution in [0.2, 0.25) is 0 Å². The minimum Gasteiger partial charge on any atom is -0.353 e. The first kappa shape index (κ1) is 24.1. The predicted octanol–water partition coefficient (Wildman–Crippen LogP) is 4.00. The number of aryl methyl sites for hydroxylation is 1. The standard InChI is InChI=1S/C23H32N4O4/c1-5-7-15-25(16-21-9-8-14-24(21)4)22(28)17-26(18(3)6-2)23(29)19-10-12-20(13-11-19)27(30)31/h8-14,18H,5-7,15-17H2,1-4H3/t18-/m1/s1. The van der Waals surface area contributed by atoms with Crippen molar-refractivity contribution in [3.63, 3.8) is 0 Å². The molecule has 2 rings (SSSR count). The maximum absolute atomic E-state index is 13.2. The number of non-ortho nitro benzene ring substituents is 1. The SMILES string of the molecule is CCCCN(Cc1cccn1C)C(=O)CN(C(=O)c1ccc([N+](=O)[O-])cc1)[C@H](C)CC. The summed E-state index contributed by atoms with van der Waals surface area (Å²) in [6.07, 6.45) is 4.49. The molecule has 0 aliphatic heterocycles. The van der Waals surface area contributed by atoms with Gasteiger partial charge in [-0.2, -0.15) is 0 Å². The molecule has 0 unspecified atom stereocenters. The number of aromatic nitrogens is 1. The summed E-state index contributed by atoms with van der Waals surface area (Å²) < 4.78 is 1.99. The normalized spacial score (nSPS) is 11.7. The lowest BCUT2D eigenvalue weighted by Crippen LogP contribution is -2.46. The number of benzene rings is 1. The smallest absolute Gasteiger partial charge is 0.269 e. The fourth-order valence-corrected chi connectivity index (χ4v) is 3.28. The van der Waals surface area contributed by atoms with Crippen LogP contribution in [0.25, 0.3) is 0 Å². The molecule has 8 heteroatoms. The third-order valence-electron chi connectivity index (χ3n) is 5.55. The van der Waals surface area contributed by atoms with E-state index in [-0.39, 0.29) is 30.1 Å². The van der Waals surface area contributed by atoms with E-state index in [1.54, 1.807) is 9.80 Å². The summed E-state index contributed by atoms with van der Waals surface area (Å²) in [6, 6.07) is 9.30. The molecule has 0 saturated carbocycles. The summed E-state index contributed by atoms with van der Waals surface area (Å²) in [6.45, 7) is 7.03. The van der Waals surface area contributed by atoms with E-state index in [2.05, 4.69) is 6.92 Å². The minimum absolute atomic E-state index is 0.0288. The Morgan fingerprint density at radius 2 is 1.84 bits per heavy atom. The van der Waals surface area contributed by atoms with Gasteiger partial charge >= 0.3 is 0 Å². The summed E-state index contributed by atoms with van der Waals surface area (Å²) in [4.78, 5) is 40.1. The number of hydrogen-bond donors (Lipinski definition) is 0. The zero-order valence-corrected chi connectivity index (χ0v) is 18.8. The molecule has 2 aromatic rings. The van der Waals surface area contributed by atoms with Crippen molar-refractivity contribution in [2.24, 2.45) is 7.05 Å². The van der Waals surface area contributed by atoms with Crippen LogP contribution < -0.4 is 0 Å². The van der Waals surface area contributed by atoms with Gasteiger partial charge in [-0.1, -0.05) is 20.3 Å². The maximum atomic E-state index is 13.2. The Morgan fingerprint density at radius 1 is 1.16 bits per heavy atom. The van der Waals surface area contributed by atoms with E-state index >= 15 is 0 Å². The predicted molar refractivity (Wildman–Crippen MR) is 120 cm³/mol. The van der Waals surface area contributed by atoms with Crippen LogP contribution in [0.3, 0.4) is 0 Å². The van der Waals surface area contributed by atoms with Crippen LogP contribution in [0, 0.1) is 10.1 Å². The van der Waals surface area contributed by atoms with Gasteiger partial charge in [-0.25, -0.2) is 0 Å². The first-order valence-corrected chi connectivity index (χ1v) is 10.7. The summed E-state index contributed by atoms with van der Waals surface area (Å²) in [5.74, 6) is -0.405. The highest BCUT2D eigenvalue weighted by molar-refractivity contribution is 5.97. The van der Waals surface area contributed by atoms with Crippen LogP contribution in [0.4, 0.5) is 5.69 Å². The highest BCUT2D eigenvalue weighted by Crippen LogP contribution is 2.17. The number of amides is 2. The van der Waals surface area contributed by atoms with E-state index in [0.717, 1.165) is 18.5 Å². The summed E-state index contributed by atoms with van der Waals surface area (Å²) >= 11 is 0. The Bertz CT molecular complexity index is 891. The van der Waals surface area contributed by atoms with E-state index in [1.165, 1.54) is 24.3 Å². The summed E-state index contributed by atoms with van der Waals surface area (Å²) in [5, 5.41) is 10.9. The molecule has 1 aromatic carbocycles. The van der Waals surface area contributed by atoms with Gasteiger partial charge < -0.3 is 14.4 Å².